The maximum Gasteiger partial charge on any atom is 0.374 e. The molecule has 1 rings (SSSR count). The molecule has 8 heteroatoms. The molecule has 0 aliphatic rings. The van der Waals surface area contributed by atoms with Gasteiger partial charge >= 0.3 is 13.6 Å². The molecular weight excluding hydrogens is 271 g/mol. The highest BCUT2D eigenvalue weighted by Crippen LogP contribution is 2.40. The molecule has 1 aromatic rings. The first-order valence-electron chi connectivity index (χ1n) is 4.76. The van der Waals surface area contributed by atoms with Crippen molar-refractivity contribution in [3.05, 3.63) is 23.2 Å². The zero-order valence-corrected chi connectivity index (χ0v) is 10.7. The van der Waals surface area contributed by atoms with Gasteiger partial charge in [0.2, 0.25) is 5.76 Å². The Bertz CT molecular complexity index is 448. The van der Waals surface area contributed by atoms with Crippen LogP contribution in [0.5, 0.6) is 0 Å². The molecule has 0 bridgehead atoms. The second kappa shape index (κ2) is 5.69. The summed E-state index contributed by atoms with van der Waals surface area (Å²) in [5.41, 5.74) is 0.355. The minimum absolute atomic E-state index is 0.00118. The molecule has 0 saturated carbocycles. The number of esters is 1. The molecule has 17 heavy (non-hydrogen) atoms. The first-order valence-corrected chi connectivity index (χ1v) is 7.09. The van der Waals surface area contributed by atoms with Gasteiger partial charge in [0.05, 0.1) is 12.5 Å². The highest BCUT2D eigenvalue weighted by molar-refractivity contribution is 7.50. The van der Waals surface area contributed by atoms with Crippen molar-refractivity contribution in [3.63, 3.8) is 0 Å². The first kappa shape index (κ1) is 14.3. The second-order valence-electron chi connectivity index (χ2n) is 3.24. The van der Waals surface area contributed by atoms with Gasteiger partial charge in [-0.15, -0.1) is 11.6 Å². The van der Waals surface area contributed by atoms with Gasteiger partial charge in [-0.25, -0.2) is 4.79 Å². The summed E-state index contributed by atoms with van der Waals surface area (Å²) >= 11 is 5.60. The molecule has 2 N–H and O–H groups in total. The van der Waals surface area contributed by atoms with Crippen LogP contribution in [-0.4, -0.2) is 22.4 Å². The van der Waals surface area contributed by atoms with Gasteiger partial charge in [0.1, 0.15) is 11.9 Å². The summed E-state index contributed by atoms with van der Waals surface area (Å²) in [6, 6.07) is 1.35. The minimum atomic E-state index is -4.24. The quantitative estimate of drug-likeness (QED) is 0.486. The topological polar surface area (TPSA) is 97.0 Å². The van der Waals surface area contributed by atoms with E-state index in [-0.39, 0.29) is 24.0 Å². The summed E-state index contributed by atoms with van der Waals surface area (Å²) in [5.74, 6) is -0.791. The van der Waals surface area contributed by atoms with Crippen LogP contribution >= 0.6 is 19.2 Å². The summed E-state index contributed by atoms with van der Waals surface area (Å²) in [7, 11) is -4.24. The van der Waals surface area contributed by atoms with Gasteiger partial charge in [0, 0.05) is 5.56 Å². The SMILES string of the molecule is CCOC(=O)c1oc(CP(=O)(O)O)cc1CCl. The molecule has 1 heterocycles. The fourth-order valence-electron chi connectivity index (χ4n) is 1.24. The van der Waals surface area contributed by atoms with Crippen LogP contribution in [0.4, 0.5) is 0 Å². The molecule has 1 aromatic heterocycles. The number of ether oxygens (including phenoxy) is 1. The molecule has 0 amide bonds. The van der Waals surface area contributed by atoms with E-state index in [1.807, 2.05) is 0 Å². The van der Waals surface area contributed by atoms with Gasteiger partial charge in [-0.1, -0.05) is 0 Å². The predicted molar refractivity (Wildman–Crippen MR) is 60.0 cm³/mol. The molecule has 0 unspecified atom stereocenters. The number of carbonyl (C=O) groups is 1. The van der Waals surface area contributed by atoms with Crippen molar-refractivity contribution in [1.82, 2.24) is 0 Å². The third-order valence-electron chi connectivity index (χ3n) is 1.83. The lowest BCUT2D eigenvalue weighted by Crippen LogP contribution is -2.05. The van der Waals surface area contributed by atoms with E-state index in [4.69, 9.17) is 30.5 Å². The average molecular weight is 283 g/mol. The van der Waals surface area contributed by atoms with Gasteiger partial charge in [0.15, 0.2) is 0 Å². The average Bonchev–Trinajstić information content (AvgIpc) is 2.58. The maximum absolute atomic E-state index is 11.4. The number of hydrogen-bond acceptors (Lipinski definition) is 4. The molecule has 0 saturated heterocycles. The third kappa shape index (κ3) is 4.16. The highest BCUT2D eigenvalue weighted by atomic mass is 35.5. The van der Waals surface area contributed by atoms with Crippen LogP contribution in [-0.2, 0) is 21.3 Å². The van der Waals surface area contributed by atoms with Crippen LogP contribution < -0.4 is 0 Å². The third-order valence-corrected chi connectivity index (χ3v) is 2.84. The van der Waals surface area contributed by atoms with E-state index in [9.17, 15) is 9.36 Å². The zero-order valence-electron chi connectivity index (χ0n) is 9.05. The molecule has 0 aromatic carbocycles. The lowest BCUT2D eigenvalue weighted by atomic mass is 10.2. The van der Waals surface area contributed by atoms with E-state index in [0.29, 0.717) is 5.56 Å². The summed E-state index contributed by atoms with van der Waals surface area (Å²) in [4.78, 5) is 29.0. The van der Waals surface area contributed by atoms with Crippen molar-refractivity contribution >= 4 is 25.2 Å². The van der Waals surface area contributed by atoms with E-state index in [1.54, 1.807) is 6.92 Å². The highest BCUT2D eigenvalue weighted by Gasteiger charge is 2.23. The van der Waals surface area contributed by atoms with Gasteiger partial charge in [0.25, 0.3) is 0 Å². The van der Waals surface area contributed by atoms with Crippen LogP contribution in [0.25, 0.3) is 0 Å². The Morgan fingerprint density at radius 3 is 2.71 bits per heavy atom. The lowest BCUT2D eigenvalue weighted by Gasteiger charge is -2.00. The molecule has 0 aliphatic heterocycles. The fourth-order valence-corrected chi connectivity index (χ4v) is 2.00. The Hall–Kier alpha value is -0.810. The van der Waals surface area contributed by atoms with E-state index >= 15 is 0 Å². The Balaban J connectivity index is 2.98. The van der Waals surface area contributed by atoms with Crippen LogP contribution in [0.1, 0.15) is 28.8 Å². The summed E-state index contributed by atoms with van der Waals surface area (Å²) < 4.78 is 20.6. The normalized spacial score (nSPS) is 11.5. The van der Waals surface area contributed by atoms with E-state index < -0.39 is 19.7 Å². The Kier molecular flexibility index (Phi) is 4.77. The van der Waals surface area contributed by atoms with Gasteiger partial charge in [-0.05, 0) is 13.0 Å². The number of furan rings is 1. The van der Waals surface area contributed by atoms with Gasteiger partial charge in [-0.3, -0.25) is 4.57 Å². The first-order chi connectivity index (χ1) is 7.87. The number of halogens is 1. The van der Waals surface area contributed by atoms with Crippen molar-refractivity contribution in [1.29, 1.82) is 0 Å². The van der Waals surface area contributed by atoms with E-state index in [2.05, 4.69) is 0 Å². The fraction of sp³-hybridized carbons (Fsp3) is 0.444. The zero-order chi connectivity index (χ0) is 13.1. The number of alkyl halides is 1. The van der Waals surface area contributed by atoms with Crippen molar-refractivity contribution in [2.24, 2.45) is 0 Å². The van der Waals surface area contributed by atoms with Crippen molar-refractivity contribution < 1.29 is 28.3 Å². The van der Waals surface area contributed by atoms with E-state index in [0.717, 1.165) is 0 Å². The van der Waals surface area contributed by atoms with Crippen molar-refractivity contribution in [3.8, 4) is 0 Å². The largest absolute Gasteiger partial charge is 0.460 e. The van der Waals surface area contributed by atoms with Gasteiger partial charge < -0.3 is 18.9 Å². The number of rotatable bonds is 5. The van der Waals surface area contributed by atoms with E-state index in [1.165, 1.54) is 6.07 Å². The Labute approximate surface area is 103 Å². The molecule has 0 aliphatic carbocycles. The summed E-state index contributed by atoms with van der Waals surface area (Å²) in [5, 5.41) is 0. The lowest BCUT2D eigenvalue weighted by molar-refractivity contribution is 0.0486. The van der Waals surface area contributed by atoms with Crippen LogP contribution in [0, 0.1) is 0 Å². The summed E-state index contributed by atoms with van der Waals surface area (Å²) in [6.07, 6.45) is -0.573. The number of carbonyl (C=O) groups excluding carboxylic acids is 1. The Morgan fingerprint density at radius 1 is 1.59 bits per heavy atom. The smallest absolute Gasteiger partial charge is 0.374 e. The molecular formula is C9H12ClO6P. The second-order valence-corrected chi connectivity index (χ2v) is 5.16. The number of hydrogen-bond donors (Lipinski definition) is 2. The van der Waals surface area contributed by atoms with Crippen molar-refractivity contribution in [2.75, 3.05) is 6.61 Å². The molecule has 0 atom stereocenters. The van der Waals surface area contributed by atoms with Crippen LogP contribution in [0.3, 0.4) is 0 Å². The van der Waals surface area contributed by atoms with Gasteiger partial charge in [-0.2, -0.15) is 0 Å². The minimum Gasteiger partial charge on any atom is -0.460 e. The van der Waals surface area contributed by atoms with Crippen LogP contribution in [0.15, 0.2) is 10.5 Å². The monoisotopic (exact) mass is 282 g/mol. The molecule has 6 nitrogen and oxygen atoms in total. The molecule has 0 spiro atoms. The maximum atomic E-state index is 11.4. The predicted octanol–water partition coefficient (Wildman–Crippen LogP) is 1.87. The molecule has 0 fully saturated rings. The summed E-state index contributed by atoms with van der Waals surface area (Å²) in [6.45, 7) is 1.81. The van der Waals surface area contributed by atoms with Crippen molar-refractivity contribution in [2.45, 2.75) is 19.0 Å². The molecule has 96 valence electrons. The van der Waals surface area contributed by atoms with Crippen LogP contribution in [0.2, 0.25) is 0 Å². The Morgan fingerprint density at radius 2 is 2.24 bits per heavy atom. The molecule has 0 radical (unpaired) electrons. The standard InChI is InChI=1S/C9H12ClO6P/c1-2-15-9(11)8-6(4-10)3-7(16-8)5-17(12,13)14/h3H,2,4-5H2,1H3,(H2,12,13,14).